The SMILES string of the molecule is O=C(Oc1ccc(C(=O)c2ccc(F)cc2)cc1)c1ccc(S(=O)(=O)N2CCCCC2)cc1. The zero-order chi connectivity index (χ0) is 23.4. The highest BCUT2D eigenvalue weighted by Gasteiger charge is 2.26. The topological polar surface area (TPSA) is 80.8 Å². The molecule has 1 heterocycles. The molecule has 0 amide bonds. The van der Waals surface area contributed by atoms with E-state index >= 15 is 0 Å². The Labute approximate surface area is 191 Å². The van der Waals surface area contributed by atoms with Crippen LogP contribution in [0.1, 0.15) is 45.5 Å². The third-order valence-corrected chi connectivity index (χ3v) is 7.39. The van der Waals surface area contributed by atoms with Gasteiger partial charge in [-0.3, -0.25) is 4.79 Å². The van der Waals surface area contributed by atoms with E-state index in [9.17, 15) is 22.4 Å². The molecule has 3 aromatic carbocycles. The summed E-state index contributed by atoms with van der Waals surface area (Å²) in [7, 11) is -3.57. The summed E-state index contributed by atoms with van der Waals surface area (Å²) in [6.45, 7) is 1.01. The van der Waals surface area contributed by atoms with E-state index in [0.29, 0.717) is 24.2 Å². The third kappa shape index (κ3) is 5.18. The lowest BCUT2D eigenvalue weighted by Gasteiger charge is -2.25. The molecule has 6 nitrogen and oxygen atoms in total. The average Bonchev–Trinajstić information content (AvgIpc) is 2.85. The summed E-state index contributed by atoms with van der Waals surface area (Å²) >= 11 is 0. The third-order valence-electron chi connectivity index (χ3n) is 5.48. The number of hydrogen-bond donors (Lipinski definition) is 0. The number of piperidine rings is 1. The minimum Gasteiger partial charge on any atom is -0.423 e. The van der Waals surface area contributed by atoms with Crippen molar-refractivity contribution in [2.24, 2.45) is 0 Å². The molecule has 0 saturated carbocycles. The number of nitrogens with zero attached hydrogens (tertiary/aromatic N) is 1. The van der Waals surface area contributed by atoms with Gasteiger partial charge in [0, 0.05) is 24.2 Å². The van der Waals surface area contributed by atoms with Crippen LogP contribution in [-0.4, -0.2) is 37.6 Å². The Morgan fingerprint density at radius 3 is 1.82 bits per heavy atom. The molecule has 8 heteroatoms. The summed E-state index contributed by atoms with van der Waals surface area (Å²) in [5.74, 6) is -1.11. The Kier molecular flexibility index (Phi) is 6.67. The van der Waals surface area contributed by atoms with Gasteiger partial charge in [0.25, 0.3) is 0 Å². The van der Waals surface area contributed by atoms with Gasteiger partial charge in [0.15, 0.2) is 5.78 Å². The molecule has 0 unspecified atom stereocenters. The van der Waals surface area contributed by atoms with Crippen LogP contribution in [0, 0.1) is 5.82 Å². The van der Waals surface area contributed by atoms with Crippen molar-refractivity contribution in [2.45, 2.75) is 24.2 Å². The second-order valence-corrected chi connectivity index (χ2v) is 9.68. The monoisotopic (exact) mass is 467 g/mol. The number of rotatable bonds is 6. The molecule has 170 valence electrons. The first-order chi connectivity index (χ1) is 15.8. The Morgan fingerprint density at radius 2 is 1.24 bits per heavy atom. The molecule has 0 atom stereocenters. The first kappa shape index (κ1) is 22.8. The van der Waals surface area contributed by atoms with E-state index in [1.807, 2.05) is 0 Å². The molecule has 1 aliphatic heterocycles. The predicted octanol–water partition coefficient (Wildman–Crippen LogP) is 4.45. The maximum atomic E-state index is 13.0. The van der Waals surface area contributed by atoms with Gasteiger partial charge in [-0.15, -0.1) is 0 Å². The molecule has 3 aromatic rings. The number of carbonyl (C=O) groups is 2. The van der Waals surface area contributed by atoms with Gasteiger partial charge in [-0.2, -0.15) is 4.31 Å². The fourth-order valence-corrected chi connectivity index (χ4v) is 5.14. The minimum atomic E-state index is -3.57. The quantitative estimate of drug-likeness (QED) is 0.304. The van der Waals surface area contributed by atoms with Crippen molar-refractivity contribution in [3.8, 4) is 5.75 Å². The van der Waals surface area contributed by atoms with Crippen LogP contribution in [-0.2, 0) is 10.0 Å². The zero-order valence-electron chi connectivity index (χ0n) is 17.7. The number of carbonyl (C=O) groups excluding carboxylic acids is 2. The molecule has 0 bridgehead atoms. The van der Waals surface area contributed by atoms with Crippen LogP contribution in [0.5, 0.6) is 5.75 Å². The molecule has 0 radical (unpaired) electrons. The fraction of sp³-hybridized carbons (Fsp3) is 0.200. The molecule has 4 rings (SSSR count). The number of sulfonamides is 1. The van der Waals surface area contributed by atoms with Crippen LogP contribution >= 0.6 is 0 Å². The van der Waals surface area contributed by atoms with Gasteiger partial charge in [-0.1, -0.05) is 6.42 Å². The number of ether oxygens (including phenoxy) is 1. The van der Waals surface area contributed by atoms with Crippen molar-refractivity contribution in [3.63, 3.8) is 0 Å². The zero-order valence-corrected chi connectivity index (χ0v) is 18.6. The fourth-order valence-electron chi connectivity index (χ4n) is 3.63. The summed E-state index contributed by atoms with van der Waals surface area (Å²) in [6, 6.07) is 16.9. The smallest absolute Gasteiger partial charge is 0.343 e. The van der Waals surface area contributed by atoms with Gasteiger partial charge in [-0.25, -0.2) is 17.6 Å². The van der Waals surface area contributed by atoms with Crippen molar-refractivity contribution in [1.29, 1.82) is 0 Å². The second-order valence-electron chi connectivity index (χ2n) is 7.74. The van der Waals surface area contributed by atoms with E-state index in [1.165, 1.54) is 77.1 Å². The van der Waals surface area contributed by atoms with Crippen LogP contribution in [0.15, 0.2) is 77.7 Å². The summed E-state index contributed by atoms with van der Waals surface area (Å²) in [4.78, 5) is 25.1. The van der Waals surface area contributed by atoms with Gasteiger partial charge in [0.1, 0.15) is 11.6 Å². The molecule has 0 aliphatic carbocycles. The van der Waals surface area contributed by atoms with Gasteiger partial charge in [0.2, 0.25) is 10.0 Å². The minimum absolute atomic E-state index is 0.143. The Morgan fingerprint density at radius 1 is 0.727 bits per heavy atom. The van der Waals surface area contributed by atoms with E-state index in [2.05, 4.69) is 0 Å². The first-order valence-electron chi connectivity index (χ1n) is 10.6. The Balaban J connectivity index is 1.42. The summed E-state index contributed by atoms with van der Waals surface area (Å²) in [5, 5.41) is 0. The van der Waals surface area contributed by atoms with Crippen LogP contribution in [0.25, 0.3) is 0 Å². The maximum absolute atomic E-state index is 13.0. The van der Waals surface area contributed by atoms with E-state index in [1.54, 1.807) is 0 Å². The van der Waals surface area contributed by atoms with Crippen LogP contribution in [0.4, 0.5) is 4.39 Å². The lowest BCUT2D eigenvalue weighted by Crippen LogP contribution is -2.35. The van der Waals surface area contributed by atoms with E-state index in [-0.39, 0.29) is 22.0 Å². The normalized spacial score (nSPS) is 14.6. The van der Waals surface area contributed by atoms with Crippen LogP contribution < -0.4 is 4.74 Å². The number of esters is 1. The molecule has 0 aromatic heterocycles. The molecule has 1 saturated heterocycles. The molecule has 33 heavy (non-hydrogen) atoms. The van der Waals surface area contributed by atoms with Gasteiger partial charge in [0.05, 0.1) is 10.5 Å². The van der Waals surface area contributed by atoms with Gasteiger partial charge in [-0.05, 0) is 85.6 Å². The first-order valence-corrected chi connectivity index (χ1v) is 12.0. The second kappa shape index (κ2) is 9.64. The molecule has 0 N–H and O–H groups in total. The molecular weight excluding hydrogens is 445 g/mol. The molecule has 1 aliphatic rings. The van der Waals surface area contributed by atoms with Crippen molar-refractivity contribution >= 4 is 21.8 Å². The van der Waals surface area contributed by atoms with E-state index < -0.39 is 21.8 Å². The highest BCUT2D eigenvalue weighted by Crippen LogP contribution is 2.22. The van der Waals surface area contributed by atoms with Crippen molar-refractivity contribution < 1.29 is 27.1 Å². The maximum Gasteiger partial charge on any atom is 0.343 e. The van der Waals surface area contributed by atoms with Crippen LogP contribution in [0.2, 0.25) is 0 Å². The predicted molar refractivity (Wildman–Crippen MR) is 120 cm³/mol. The Hall–Kier alpha value is -3.36. The lowest BCUT2D eigenvalue weighted by molar-refractivity contribution is 0.0734. The summed E-state index contributed by atoms with van der Waals surface area (Å²) < 4.78 is 45.3. The number of benzene rings is 3. The largest absolute Gasteiger partial charge is 0.423 e. The Bertz CT molecular complexity index is 1250. The lowest BCUT2D eigenvalue weighted by atomic mass is 10.0. The van der Waals surface area contributed by atoms with Gasteiger partial charge < -0.3 is 4.74 Å². The number of halogens is 1. The summed E-state index contributed by atoms with van der Waals surface area (Å²) in [6.07, 6.45) is 2.72. The number of ketones is 1. The standard InChI is InChI=1S/C25H22FNO5S/c26-21-10-4-18(5-11-21)24(28)19-6-12-22(13-7-19)32-25(29)20-8-14-23(15-9-20)33(30,31)27-16-2-1-3-17-27/h4-15H,1-3,16-17H2. The molecule has 0 spiro atoms. The molecular formula is C25H22FNO5S. The van der Waals surface area contributed by atoms with E-state index in [0.717, 1.165) is 19.3 Å². The average molecular weight is 468 g/mol. The molecule has 1 fully saturated rings. The number of hydrogen-bond acceptors (Lipinski definition) is 5. The van der Waals surface area contributed by atoms with Crippen molar-refractivity contribution in [2.75, 3.05) is 13.1 Å². The van der Waals surface area contributed by atoms with Crippen molar-refractivity contribution in [3.05, 3.63) is 95.3 Å². The van der Waals surface area contributed by atoms with Crippen LogP contribution in [0.3, 0.4) is 0 Å². The highest BCUT2D eigenvalue weighted by atomic mass is 32.2. The van der Waals surface area contributed by atoms with Gasteiger partial charge >= 0.3 is 5.97 Å². The highest BCUT2D eigenvalue weighted by molar-refractivity contribution is 7.89. The van der Waals surface area contributed by atoms with Crippen molar-refractivity contribution in [1.82, 2.24) is 4.31 Å². The summed E-state index contributed by atoms with van der Waals surface area (Å²) in [5.41, 5.74) is 0.925. The van der Waals surface area contributed by atoms with E-state index in [4.69, 9.17) is 4.74 Å².